The van der Waals surface area contributed by atoms with Crippen molar-refractivity contribution in [2.24, 2.45) is 10.9 Å². The zero-order valence-corrected chi connectivity index (χ0v) is 17.1. The molecular formula is C21H23FN6O3. The van der Waals surface area contributed by atoms with Gasteiger partial charge in [-0.25, -0.2) is 19.4 Å². The highest BCUT2D eigenvalue weighted by atomic mass is 19.1. The summed E-state index contributed by atoms with van der Waals surface area (Å²) in [6.45, 7) is 4.33. The van der Waals surface area contributed by atoms with Crippen LogP contribution in [0.1, 0.15) is 18.5 Å². The average Bonchev–Trinajstić information content (AvgIpc) is 2.80. The first-order chi connectivity index (χ1) is 15.1. The van der Waals surface area contributed by atoms with Crippen molar-refractivity contribution < 1.29 is 18.7 Å². The molecule has 2 atom stereocenters. The molecule has 31 heavy (non-hydrogen) atoms. The number of anilines is 1. The third kappa shape index (κ3) is 4.47. The quantitative estimate of drug-likeness (QED) is 0.578. The van der Waals surface area contributed by atoms with E-state index in [0.717, 1.165) is 0 Å². The van der Waals surface area contributed by atoms with Gasteiger partial charge >= 0.3 is 5.97 Å². The summed E-state index contributed by atoms with van der Waals surface area (Å²) in [5.74, 6) is -1.61. The van der Waals surface area contributed by atoms with Gasteiger partial charge < -0.3 is 14.5 Å². The predicted octanol–water partition coefficient (Wildman–Crippen LogP) is 1.14. The molecule has 0 unspecified atom stereocenters. The highest BCUT2D eigenvalue weighted by molar-refractivity contribution is 6.08. The van der Waals surface area contributed by atoms with Gasteiger partial charge in [0.2, 0.25) is 17.8 Å². The first-order valence-electron chi connectivity index (χ1n) is 10.1. The lowest BCUT2D eigenvalue weighted by atomic mass is 9.91. The Kier molecular flexibility index (Phi) is 6.06. The Labute approximate surface area is 178 Å². The fourth-order valence-electron chi connectivity index (χ4n) is 3.70. The number of hydrogen-bond acceptors (Lipinski definition) is 8. The summed E-state index contributed by atoms with van der Waals surface area (Å²) in [4.78, 5) is 42.6. The average molecular weight is 426 g/mol. The van der Waals surface area contributed by atoms with Crippen LogP contribution in [0.4, 0.5) is 10.3 Å². The number of benzene rings is 1. The van der Waals surface area contributed by atoms with Gasteiger partial charge in [0.15, 0.2) is 5.92 Å². The number of halogens is 1. The fourth-order valence-corrected chi connectivity index (χ4v) is 3.70. The van der Waals surface area contributed by atoms with E-state index < -0.39 is 29.7 Å². The summed E-state index contributed by atoms with van der Waals surface area (Å²) in [7, 11) is 0. The molecule has 2 aliphatic heterocycles. The molecule has 162 valence electrons. The lowest BCUT2D eigenvalue weighted by Gasteiger charge is -2.38. The molecule has 0 saturated carbocycles. The predicted molar refractivity (Wildman–Crippen MR) is 111 cm³/mol. The minimum atomic E-state index is -1.13. The number of carbonyl (C=O) groups is 2. The normalized spacial score (nSPS) is 21.4. The Morgan fingerprint density at radius 3 is 2.42 bits per heavy atom. The summed E-state index contributed by atoms with van der Waals surface area (Å²) in [5.41, 5.74) is 0.572. The summed E-state index contributed by atoms with van der Waals surface area (Å²) < 4.78 is 18.5. The SMILES string of the molecule is CCOC(=O)[C@@H]1C(=O)NC(N2CCN(c3ncccn3)CC2)=N[C@@H]1c1ccc(F)cc1. The molecule has 1 fully saturated rings. The number of amides is 1. The van der Waals surface area contributed by atoms with Crippen molar-refractivity contribution in [1.82, 2.24) is 20.2 Å². The van der Waals surface area contributed by atoms with Crippen molar-refractivity contribution in [3.63, 3.8) is 0 Å². The summed E-state index contributed by atoms with van der Waals surface area (Å²) in [5, 5.41) is 2.75. The molecule has 1 saturated heterocycles. The molecule has 2 aliphatic rings. The Morgan fingerprint density at radius 2 is 1.77 bits per heavy atom. The summed E-state index contributed by atoms with van der Waals surface area (Å²) in [6.07, 6.45) is 3.39. The highest BCUT2D eigenvalue weighted by Gasteiger charge is 2.42. The highest BCUT2D eigenvalue weighted by Crippen LogP contribution is 2.31. The topological polar surface area (TPSA) is 100 Å². The Bertz CT molecular complexity index is 961. The molecule has 1 aromatic carbocycles. The van der Waals surface area contributed by atoms with Crippen LogP contribution < -0.4 is 10.2 Å². The van der Waals surface area contributed by atoms with Crippen LogP contribution in [0, 0.1) is 11.7 Å². The Morgan fingerprint density at radius 1 is 1.13 bits per heavy atom. The molecule has 1 N–H and O–H groups in total. The molecule has 9 nitrogen and oxygen atoms in total. The van der Waals surface area contributed by atoms with Gasteiger partial charge in [-0.3, -0.25) is 14.9 Å². The lowest BCUT2D eigenvalue weighted by Crippen LogP contribution is -2.57. The van der Waals surface area contributed by atoms with Gasteiger partial charge in [-0.1, -0.05) is 12.1 Å². The van der Waals surface area contributed by atoms with E-state index in [-0.39, 0.29) is 6.61 Å². The number of piperazine rings is 1. The maximum atomic E-state index is 13.4. The zero-order valence-electron chi connectivity index (χ0n) is 17.1. The monoisotopic (exact) mass is 426 g/mol. The minimum absolute atomic E-state index is 0.152. The maximum absolute atomic E-state index is 13.4. The molecule has 0 aliphatic carbocycles. The third-order valence-corrected chi connectivity index (χ3v) is 5.26. The largest absolute Gasteiger partial charge is 0.465 e. The second-order valence-electron chi connectivity index (χ2n) is 7.19. The van der Waals surface area contributed by atoms with Crippen LogP contribution in [0.15, 0.2) is 47.7 Å². The number of hydrogen-bond donors (Lipinski definition) is 1. The number of ether oxygens (including phenoxy) is 1. The van der Waals surface area contributed by atoms with Crippen LogP contribution in [-0.4, -0.2) is 65.5 Å². The number of guanidine groups is 1. The van der Waals surface area contributed by atoms with Gasteiger partial charge in [0.05, 0.1) is 6.61 Å². The van der Waals surface area contributed by atoms with Crippen LogP contribution in [0.5, 0.6) is 0 Å². The molecule has 4 rings (SSSR count). The number of nitrogens with one attached hydrogen (secondary N) is 1. The van der Waals surface area contributed by atoms with Crippen LogP contribution in [-0.2, 0) is 14.3 Å². The number of rotatable bonds is 4. The van der Waals surface area contributed by atoms with Crippen molar-refractivity contribution in [1.29, 1.82) is 0 Å². The van der Waals surface area contributed by atoms with E-state index in [9.17, 15) is 14.0 Å². The van der Waals surface area contributed by atoms with E-state index in [1.54, 1.807) is 25.4 Å². The molecule has 3 heterocycles. The second kappa shape index (κ2) is 9.07. The molecule has 0 spiro atoms. The van der Waals surface area contributed by atoms with Gasteiger partial charge in [0, 0.05) is 38.6 Å². The number of carbonyl (C=O) groups excluding carboxylic acids is 2. The number of aliphatic imine (C=N–C) groups is 1. The molecule has 1 amide bonds. The molecule has 2 aromatic rings. The second-order valence-corrected chi connectivity index (χ2v) is 7.19. The zero-order chi connectivity index (χ0) is 21.8. The van der Waals surface area contributed by atoms with E-state index in [0.29, 0.717) is 43.7 Å². The maximum Gasteiger partial charge on any atom is 0.321 e. The van der Waals surface area contributed by atoms with Crippen molar-refractivity contribution in [2.75, 3.05) is 37.7 Å². The van der Waals surface area contributed by atoms with Crippen molar-refractivity contribution in [2.45, 2.75) is 13.0 Å². The van der Waals surface area contributed by atoms with Crippen LogP contribution in [0.3, 0.4) is 0 Å². The fraction of sp³-hybridized carbons (Fsp3) is 0.381. The van der Waals surface area contributed by atoms with E-state index in [1.165, 1.54) is 24.3 Å². The standard InChI is InChI=1S/C21H23FN6O3/c1-2-31-19(30)16-17(14-4-6-15(22)7-5-14)25-21(26-18(16)29)28-12-10-27(11-13-28)20-23-8-3-9-24-20/h3-9,16-17H,2,10-13H2,1H3,(H,25,26,29)/t16-,17+/m0/s1. The number of aromatic nitrogens is 2. The molecule has 0 bridgehead atoms. The van der Waals surface area contributed by atoms with Gasteiger partial charge in [0.1, 0.15) is 11.9 Å². The van der Waals surface area contributed by atoms with Gasteiger partial charge in [0.25, 0.3) is 0 Å². The Hall–Kier alpha value is -3.56. The molecule has 1 aromatic heterocycles. The first-order valence-corrected chi connectivity index (χ1v) is 10.1. The molecular weight excluding hydrogens is 403 g/mol. The third-order valence-electron chi connectivity index (χ3n) is 5.26. The van der Waals surface area contributed by atoms with E-state index >= 15 is 0 Å². The number of esters is 1. The summed E-state index contributed by atoms with van der Waals surface area (Å²) >= 11 is 0. The first kappa shape index (κ1) is 20.7. The lowest BCUT2D eigenvalue weighted by molar-refractivity contribution is -0.153. The van der Waals surface area contributed by atoms with Gasteiger partial charge in [-0.15, -0.1) is 0 Å². The number of nitrogens with zero attached hydrogens (tertiary/aromatic N) is 5. The van der Waals surface area contributed by atoms with E-state index in [2.05, 4.69) is 25.2 Å². The van der Waals surface area contributed by atoms with Gasteiger partial charge in [-0.2, -0.15) is 0 Å². The smallest absolute Gasteiger partial charge is 0.321 e. The summed E-state index contributed by atoms with van der Waals surface area (Å²) in [6, 6.07) is 6.63. The van der Waals surface area contributed by atoms with Crippen molar-refractivity contribution >= 4 is 23.8 Å². The van der Waals surface area contributed by atoms with E-state index in [4.69, 9.17) is 4.74 Å². The van der Waals surface area contributed by atoms with E-state index in [1.807, 2.05) is 4.90 Å². The van der Waals surface area contributed by atoms with Crippen LogP contribution in [0.25, 0.3) is 0 Å². The molecule has 10 heteroatoms. The van der Waals surface area contributed by atoms with Crippen molar-refractivity contribution in [3.05, 3.63) is 54.1 Å². The minimum Gasteiger partial charge on any atom is -0.465 e. The molecule has 0 radical (unpaired) electrons. The van der Waals surface area contributed by atoms with Crippen LogP contribution >= 0.6 is 0 Å². The van der Waals surface area contributed by atoms with Crippen molar-refractivity contribution in [3.8, 4) is 0 Å². The van der Waals surface area contributed by atoms with Crippen LogP contribution in [0.2, 0.25) is 0 Å². The Balaban J connectivity index is 1.56. The van der Waals surface area contributed by atoms with Gasteiger partial charge in [-0.05, 0) is 30.7 Å².